The summed E-state index contributed by atoms with van der Waals surface area (Å²) < 4.78 is 10.5. The molecule has 1 aromatic rings. The van der Waals surface area contributed by atoms with Crippen molar-refractivity contribution in [2.45, 2.75) is 19.1 Å². The van der Waals surface area contributed by atoms with E-state index in [2.05, 4.69) is 4.90 Å². The van der Waals surface area contributed by atoms with Crippen LogP contribution in [0.3, 0.4) is 0 Å². The molecule has 0 aromatic heterocycles. The van der Waals surface area contributed by atoms with Crippen LogP contribution in [-0.2, 0) is 14.3 Å². The lowest BCUT2D eigenvalue weighted by Gasteiger charge is -2.35. The Labute approximate surface area is 118 Å². The highest BCUT2D eigenvalue weighted by Gasteiger charge is 2.29. The van der Waals surface area contributed by atoms with Gasteiger partial charge in [0.2, 0.25) is 0 Å². The smallest absolute Gasteiger partial charge is 0.322 e. The summed E-state index contributed by atoms with van der Waals surface area (Å²) in [4.78, 5) is 13.7. The molecule has 0 bridgehead atoms. The van der Waals surface area contributed by atoms with Gasteiger partial charge in [0.15, 0.2) is 0 Å². The van der Waals surface area contributed by atoms with E-state index < -0.39 is 0 Å². The second-order valence-electron chi connectivity index (χ2n) is 4.61. The van der Waals surface area contributed by atoms with Crippen LogP contribution in [0.25, 0.3) is 0 Å². The zero-order valence-electron chi connectivity index (χ0n) is 11.1. The fourth-order valence-electron chi connectivity index (χ4n) is 2.22. The zero-order chi connectivity index (χ0) is 13.8. The predicted molar refractivity (Wildman–Crippen MR) is 73.2 cm³/mol. The van der Waals surface area contributed by atoms with E-state index in [1.807, 2.05) is 31.2 Å². The van der Waals surface area contributed by atoms with Gasteiger partial charge in [0, 0.05) is 18.1 Å². The fraction of sp³-hybridized carbons (Fsp3) is 0.500. The first-order valence-electron chi connectivity index (χ1n) is 6.30. The average molecular weight is 284 g/mol. The molecule has 0 radical (unpaired) electrons. The van der Waals surface area contributed by atoms with Crippen molar-refractivity contribution >= 4 is 17.6 Å². The summed E-state index contributed by atoms with van der Waals surface area (Å²) in [7, 11) is 1.41. The number of hydrogen-bond donors (Lipinski definition) is 0. The Balaban J connectivity index is 2.04. The normalized spacial score (nSPS) is 21.9. The van der Waals surface area contributed by atoms with Gasteiger partial charge in [-0.1, -0.05) is 23.7 Å². The lowest BCUT2D eigenvalue weighted by Crippen LogP contribution is -2.47. The van der Waals surface area contributed by atoms with E-state index in [1.54, 1.807) is 0 Å². The molecule has 0 aliphatic carbocycles. The van der Waals surface area contributed by atoms with Crippen molar-refractivity contribution in [3.8, 4) is 0 Å². The second-order valence-corrected chi connectivity index (χ2v) is 5.04. The number of carbonyl (C=O) groups excluding carboxylic acids is 1. The summed E-state index contributed by atoms with van der Waals surface area (Å²) in [5, 5.41) is 0.708. The van der Waals surface area contributed by atoms with Gasteiger partial charge in [-0.2, -0.15) is 0 Å². The SMILES string of the molecule is COC(=O)[C@@H](C)N1CCO[C@H](c2ccc(Cl)cc2)C1. The molecule has 0 spiro atoms. The lowest BCUT2D eigenvalue weighted by molar-refractivity contribution is -0.149. The number of halogens is 1. The van der Waals surface area contributed by atoms with Crippen LogP contribution >= 0.6 is 11.6 Å². The highest BCUT2D eigenvalue weighted by atomic mass is 35.5. The highest BCUT2D eigenvalue weighted by Crippen LogP contribution is 2.24. The molecule has 0 saturated carbocycles. The van der Waals surface area contributed by atoms with Gasteiger partial charge in [0.25, 0.3) is 0 Å². The van der Waals surface area contributed by atoms with Gasteiger partial charge < -0.3 is 9.47 Å². The molecule has 1 aliphatic heterocycles. The van der Waals surface area contributed by atoms with Crippen molar-refractivity contribution < 1.29 is 14.3 Å². The topological polar surface area (TPSA) is 38.8 Å². The van der Waals surface area contributed by atoms with Gasteiger partial charge in [-0.25, -0.2) is 0 Å². The van der Waals surface area contributed by atoms with Crippen LogP contribution in [0, 0.1) is 0 Å². The van der Waals surface area contributed by atoms with E-state index >= 15 is 0 Å². The first-order valence-corrected chi connectivity index (χ1v) is 6.68. The summed E-state index contributed by atoms with van der Waals surface area (Å²) in [5.41, 5.74) is 1.08. The molecule has 5 heteroatoms. The average Bonchev–Trinajstić information content (AvgIpc) is 2.46. The molecule has 0 N–H and O–H groups in total. The van der Waals surface area contributed by atoms with Crippen LogP contribution in [0.15, 0.2) is 24.3 Å². The molecule has 2 rings (SSSR count). The second kappa shape index (κ2) is 6.37. The highest BCUT2D eigenvalue weighted by molar-refractivity contribution is 6.30. The minimum Gasteiger partial charge on any atom is -0.468 e. The number of rotatable bonds is 3. The number of ether oxygens (including phenoxy) is 2. The molecule has 1 heterocycles. The number of morpholine rings is 1. The Morgan fingerprint density at radius 2 is 2.16 bits per heavy atom. The molecule has 2 atom stereocenters. The molecule has 0 unspecified atom stereocenters. The largest absolute Gasteiger partial charge is 0.468 e. The van der Waals surface area contributed by atoms with Crippen molar-refractivity contribution in [1.29, 1.82) is 0 Å². The first kappa shape index (κ1) is 14.3. The van der Waals surface area contributed by atoms with Crippen LogP contribution in [0.4, 0.5) is 0 Å². The molecule has 1 aliphatic rings. The number of methoxy groups -OCH3 is 1. The van der Waals surface area contributed by atoms with Crippen LogP contribution in [0.2, 0.25) is 5.02 Å². The third-order valence-electron chi connectivity index (χ3n) is 3.43. The lowest BCUT2D eigenvalue weighted by atomic mass is 10.1. The van der Waals surface area contributed by atoms with Crippen LogP contribution in [-0.4, -0.2) is 43.7 Å². The van der Waals surface area contributed by atoms with Gasteiger partial charge in [-0.05, 0) is 24.6 Å². The Hall–Kier alpha value is -1.10. The maximum absolute atomic E-state index is 11.6. The molecule has 1 saturated heterocycles. The standard InChI is InChI=1S/C14H18ClNO3/c1-10(14(17)18-2)16-7-8-19-13(9-16)11-3-5-12(15)6-4-11/h3-6,10,13H,7-9H2,1-2H3/t10-,13+/m1/s1. The Bertz CT molecular complexity index is 435. The van der Waals surface area contributed by atoms with Crippen molar-refractivity contribution in [2.75, 3.05) is 26.8 Å². The first-order chi connectivity index (χ1) is 9.11. The number of benzene rings is 1. The van der Waals surface area contributed by atoms with Gasteiger partial charge in [0.1, 0.15) is 6.04 Å². The van der Waals surface area contributed by atoms with E-state index in [4.69, 9.17) is 21.1 Å². The minimum absolute atomic E-state index is 0.0295. The van der Waals surface area contributed by atoms with E-state index in [0.29, 0.717) is 18.2 Å². The number of carbonyl (C=O) groups is 1. The third-order valence-corrected chi connectivity index (χ3v) is 3.68. The Morgan fingerprint density at radius 1 is 1.47 bits per heavy atom. The van der Waals surface area contributed by atoms with E-state index in [-0.39, 0.29) is 18.1 Å². The molecule has 19 heavy (non-hydrogen) atoms. The molecule has 1 fully saturated rings. The fourth-order valence-corrected chi connectivity index (χ4v) is 2.35. The summed E-state index contributed by atoms with van der Waals surface area (Å²) in [6.07, 6.45) is -0.0295. The van der Waals surface area contributed by atoms with Crippen molar-refractivity contribution in [1.82, 2.24) is 4.90 Å². The van der Waals surface area contributed by atoms with Gasteiger partial charge in [-0.15, -0.1) is 0 Å². The number of esters is 1. The maximum Gasteiger partial charge on any atom is 0.322 e. The van der Waals surface area contributed by atoms with Gasteiger partial charge >= 0.3 is 5.97 Å². The Kier molecular flexibility index (Phi) is 4.80. The molecular formula is C14H18ClNO3. The van der Waals surface area contributed by atoms with E-state index in [9.17, 15) is 4.79 Å². The van der Waals surface area contributed by atoms with Crippen LogP contribution in [0.1, 0.15) is 18.6 Å². The van der Waals surface area contributed by atoms with Crippen molar-refractivity contribution in [2.24, 2.45) is 0 Å². The summed E-state index contributed by atoms with van der Waals surface area (Å²) in [6, 6.07) is 7.37. The molecule has 1 aromatic carbocycles. The maximum atomic E-state index is 11.6. The molecular weight excluding hydrogens is 266 g/mol. The van der Waals surface area contributed by atoms with E-state index in [0.717, 1.165) is 12.1 Å². The summed E-state index contributed by atoms with van der Waals surface area (Å²) in [5.74, 6) is -0.211. The summed E-state index contributed by atoms with van der Waals surface area (Å²) in [6.45, 7) is 3.88. The van der Waals surface area contributed by atoms with Crippen LogP contribution in [0.5, 0.6) is 0 Å². The monoisotopic (exact) mass is 283 g/mol. The summed E-state index contributed by atoms with van der Waals surface area (Å²) >= 11 is 5.88. The zero-order valence-corrected chi connectivity index (χ0v) is 11.9. The number of hydrogen-bond acceptors (Lipinski definition) is 4. The van der Waals surface area contributed by atoms with Crippen molar-refractivity contribution in [3.05, 3.63) is 34.9 Å². The quantitative estimate of drug-likeness (QED) is 0.798. The molecule has 4 nitrogen and oxygen atoms in total. The van der Waals surface area contributed by atoms with Gasteiger partial charge in [-0.3, -0.25) is 9.69 Å². The van der Waals surface area contributed by atoms with E-state index in [1.165, 1.54) is 7.11 Å². The van der Waals surface area contributed by atoms with Gasteiger partial charge in [0.05, 0.1) is 19.8 Å². The molecule has 0 amide bonds. The Morgan fingerprint density at radius 3 is 2.79 bits per heavy atom. The third kappa shape index (κ3) is 3.47. The predicted octanol–water partition coefficient (Wildman–Crippen LogP) is 2.27. The van der Waals surface area contributed by atoms with Crippen LogP contribution < -0.4 is 0 Å². The minimum atomic E-state index is -0.247. The molecule has 104 valence electrons. The van der Waals surface area contributed by atoms with Crippen molar-refractivity contribution in [3.63, 3.8) is 0 Å². The number of nitrogens with zero attached hydrogens (tertiary/aromatic N) is 1.